The van der Waals surface area contributed by atoms with Crippen LogP contribution in [-0.4, -0.2) is 18.0 Å². The molecule has 21 heavy (non-hydrogen) atoms. The summed E-state index contributed by atoms with van der Waals surface area (Å²) in [5.41, 5.74) is 0.0603. The number of amides is 1. The lowest BCUT2D eigenvalue weighted by molar-refractivity contribution is -0.129. The highest BCUT2D eigenvalue weighted by atomic mass is 16.5. The lowest BCUT2D eigenvalue weighted by Crippen LogP contribution is -2.39. The fourth-order valence-electron chi connectivity index (χ4n) is 2.75. The molecule has 1 aromatic heterocycles. The van der Waals surface area contributed by atoms with Crippen LogP contribution in [0.3, 0.4) is 0 Å². The summed E-state index contributed by atoms with van der Waals surface area (Å²) in [7, 11) is 1.56. The van der Waals surface area contributed by atoms with Crippen LogP contribution in [0.15, 0.2) is 18.3 Å². The van der Waals surface area contributed by atoms with E-state index in [1.807, 2.05) is 6.07 Å². The summed E-state index contributed by atoms with van der Waals surface area (Å²) in [5, 5.41) is 12.4. The number of ether oxygens (including phenoxy) is 1. The predicted octanol–water partition coefficient (Wildman–Crippen LogP) is 2.57. The van der Waals surface area contributed by atoms with Crippen LogP contribution >= 0.6 is 0 Å². The Morgan fingerprint density at radius 1 is 1.43 bits per heavy atom. The largest absolute Gasteiger partial charge is 0.481 e. The quantitative estimate of drug-likeness (QED) is 0.864. The minimum atomic E-state index is -0.854. The summed E-state index contributed by atoms with van der Waals surface area (Å²) in [5.74, 6) is 0.369. The van der Waals surface area contributed by atoms with Crippen LogP contribution in [0, 0.1) is 16.7 Å². The van der Waals surface area contributed by atoms with Crippen molar-refractivity contribution in [1.29, 1.82) is 5.26 Å². The summed E-state index contributed by atoms with van der Waals surface area (Å²) in [4.78, 5) is 16.5. The molecule has 1 aromatic rings. The van der Waals surface area contributed by atoms with Gasteiger partial charge in [0.25, 0.3) is 0 Å². The van der Waals surface area contributed by atoms with E-state index in [9.17, 15) is 10.1 Å². The maximum Gasteiger partial charge on any atom is 0.240 e. The van der Waals surface area contributed by atoms with Gasteiger partial charge in [-0.25, -0.2) is 4.98 Å². The summed E-state index contributed by atoms with van der Waals surface area (Å²) in [6, 6.07) is 5.88. The first-order valence-electron chi connectivity index (χ1n) is 7.39. The number of nitrogens with one attached hydrogen (secondary N) is 1. The minimum Gasteiger partial charge on any atom is -0.481 e. The van der Waals surface area contributed by atoms with Crippen molar-refractivity contribution in [3.05, 3.63) is 23.9 Å². The van der Waals surface area contributed by atoms with Gasteiger partial charge in [-0.05, 0) is 24.5 Å². The monoisotopic (exact) mass is 287 g/mol. The van der Waals surface area contributed by atoms with Crippen molar-refractivity contribution in [3.8, 4) is 11.9 Å². The standard InChI is InChI=1S/C16H21N3O2/c1-21-14-10-13(6-9-18-14)11-19-15(20)16(12-17)7-4-2-3-5-8-16/h6,9-10H,2-5,7-8,11H2,1H3,(H,19,20). The molecule has 112 valence electrons. The Hall–Kier alpha value is -2.09. The van der Waals surface area contributed by atoms with Gasteiger partial charge in [0.2, 0.25) is 11.8 Å². The maximum absolute atomic E-state index is 12.5. The first kappa shape index (κ1) is 15.3. The number of methoxy groups -OCH3 is 1. The van der Waals surface area contributed by atoms with Gasteiger partial charge in [0.05, 0.1) is 13.2 Å². The number of aromatic nitrogens is 1. The number of nitrogens with zero attached hydrogens (tertiary/aromatic N) is 2. The Morgan fingerprint density at radius 3 is 2.76 bits per heavy atom. The van der Waals surface area contributed by atoms with E-state index in [1.165, 1.54) is 0 Å². The first-order valence-corrected chi connectivity index (χ1v) is 7.39. The molecule has 0 unspecified atom stereocenters. The van der Waals surface area contributed by atoms with Crippen molar-refractivity contribution < 1.29 is 9.53 Å². The Kier molecular flexibility index (Phi) is 5.15. The van der Waals surface area contributed by atoms with Gasteiger partial charge in [-0.3, -0.25) is 4.79 Å². The van der Waals surface area contributed by atoms with E-state index in [-0.39, 0.29) is 5.91 Å². The maximum atomic E-state index is 12.5. The van der Waals surface area contributed by atoms with Crippen molar-refractivity contribution in [1.82, 2.24) is 10.3 Å². The highest BCUT2D eigenvalue weighted by Crippen LogP contribution is 2.34. The highest BCUT2D eigenvalue weighted by Gasteiger charge is 2.38. The zero-order chi connectivity index (χ0) is 15.1. The highest BCUT2D eigenvalue weighted by molar-refractivity contribution is 5.85. The van der Waals surface area contributed by atoms with Crippen LogP contribution in [0.25, 0.3) is 0 Å². The Balaban J connectivity index is 2.00. The number of hydrogen-bond donors (Lipinski definition) is 1. The van der Waals surface area contributed by atoms with Crippen molar-refractivity contribution in [2.45, 2.75) is 45.1 Å². The molecule has 1 heterocycles. The molecule has 0 spiro atoms. The average molecular weight is 287 g/mol. The normalized spacial score (nSPS) is 17.3. The molecule has 1 saturated carbocycles. The van der Waals surface area contributed by atoms with Gasteiger partial charge in [-0.2, -0.15) is 5.26 Å². The van der Waals surface area contributed by atoms with Gasteiger partial charge < -0.3 is 10.1 Å². The van der Waals surface area contributed by atoms with E-state index in [0.717, 1.165) is 31.2 Å². The fraction of sp³-hybridized carbons (Fsp3) is 0.562. The molecular weight excluding hydrogens is 266 g/mol. The molecule has 5 nitrogen and oxygen atoms in total. The second-order valence-corrected chi connectivity index (χ2v) is 5.50. The number of rotatable bonds is 4. The van der Waals surface area contributed by atoms with Crippen LogP contribution in [0.1, 0.15) is 44.1 Å². The van der Waals surface area contributed by atoms with E-state index in [2.05, 4.69) is 16.4 Å². The number of hydrogen-bond acceptors (Lipinski definition) is 4. The molecule has 1 N–H and O–H groups in total. The molecule has 0 aromatic carbocycles. The van der Waals surface area contributed by atoms with Crippen LogP contribution in [0.5, 0.6) is 5.88 Å². The van der Waals surface area contributed by atoms with E-state index in [1.54, 1.807) is 19.4 Å². The molecule has 0 atom stereocenters. The first-order chi connectivity index (χ1) is 10.2. The van der Waals surface area contributed by atoms with Crippen LogP contribution in [-0.2, 0) is 11.3 Å². The number of carbonyl (C=O) groups excluding carboxylic acids is 1. The average Bonchev–Trinajstić information content (AvgIpc) is 2.79. The molecule has 0 radical (unpaired) electrons. The molecule has 1 aliphatic rings. The topological polar surface area (TPSA) is 75.0 Å². The molecule has 0 bridgehead atoms. The third-order valence-electron chi connectivity index (χ3n) is 4.07. The SMILES string of the molecule is COc1cc(CNC(=O)C2(C#N)CCCCCC2)ccn1. The van der Waals surface area contributed by atoms with Gasteiger partial charge >= 0.3 is 0 Å². The lowest BCUT2D eigenvalue weighted by Gasteiger charge is -2.23. The van der Waals surface area contributed by atoms with Crippen LogP contribution in [0.2, 0.25) is 0 Å². The molecule has 0 saturated heterocycles. The lowest BCUT2D eigenvalue weighted by atomic mass is 9.81. The van der Waals surface area contributed by atoms with Crippen molar-refractivity contribution in [2.24, 2.45) is 5.41 Å². The summed E-state index contributed by atoms with van der Waals surface area (Å²) >= 11 is 0. The molecule has 1 aliphatic carbocycles. The molecule has 0 aliphatic heterocycles. The fourth-order valence-corrected chi connectivity index (χ4v) is 2.75. The zero-order valence-corrected chi connectivity index (χ0v) is 12.4. The van der Waals surface area contributed by atoms with E-state index in [0.29, 0.717) is 25.3 Å². The smallest absolute Gasteiger partial charge is 0.240 e. The Bertz CT molecular complexity index is 529. The molecule has 2 rings (SSSR count). The van der Waals surface area contributed by atoms with Gasteiger partial charge in [0.1, 0.15) is 5.41 Å². The molecule has 1 amide bonds. The van der Waals surface area contributed by atoms with E-state index < -0.39 is 5.41 Å². The number of nitriles is 1. The Labute approximate surface area is 125 Å². The van der Waals surface area contributed by atoms with Gasteiger partial charge in [0, 0.05) is 18.8 Å². The van der Waals surface area contributed by atoms with E-state index >= 15 is 0 Å². The van der Waals surface area contributed by atoms with Crippen molar-refractivity contribution in [3.63, 3.8) is 0 Å². The summed E-state index contributed by atoms with van der Waals surface area (Å²) in [6.45, 7) is 0.390. The third-order valence-corrected chi connectivity index (χ3v) is 4.07. The number of pyridine rings is 1. The molecular formula is C16H21N3O2. The van der Waals surface area contributed by atoms with Gasteiger partial charge in [-0.15, -0.1) is 0 Å². The summed E-state index contributed by atoms with van der Waals surface area (Å²) < 4.78 is 5.06. The molecule has 1 fully saturated rings. The van der Waals surface area contributed by atoms with Crippen LogP contribution in [0.4, 0.5) is 0 Å². The molecule has 5 heteroatoms. The second-order valence-electron chi connectivity index (χ2n) is 5.50. The van der Waals surface area contributed by atoms with Crippen molar-refractivity contribution >= 4 is 5.91 Å². The van der Waals surface area contributed by atoms with E-state index in [4.69, 9.17) is 4.74 Å². The van der Waals surface area contributed by atoms with Gasteiger partial charge in [-0.1, -0.05) is 25.7 Å². The zero-order valence-electron chi connectivity index (χ0n) is 12.4. The second kappa shape index (κ2) is 7.07. The predicted molar refractivity (Wildman–Crippen MR) is 78.4 cm³/mol. The third kappa shape index (κ3) is 3.72. The number of carbonyl (C=O) groups is 1. The minimum absolute atomic E-state index is 0.150. The van der Waals surface area contributed by atoms with Crippen LogP contribution < -0.4 is 10.1 Å². The summed E-state index contributed by atoms with van der Waals surface area (Å²) in [6.07, 6.45) is 7.08. The van der Waals surface area contributed by atoms with Crippen molar-refractivity contribution in [2.75, 3.05) is 7.11 Å². The Morgan fingerprint density at radius 2 is 2.14 bits per heavy atom. The van der Waals surface area contributed by atoms with Gasteiger partial charge in [0.15, 0.2) is 0 Å².